The van der Waals surface area contributed by atoms with Crippen LogP contribution in [0.15, 0.2) is 0 Å². The minimum atomic E-state index is 0.214. The first-order valence-corrected chi connectivity index (χ1v) is 3.71. The molecule has 0 fully saturated rings. The molecular formula is C7H13N3O. The molecule has 1 rings (SSSR count). The predicted molar refractivity (Wildman–Crippen MR) is 41.1 cm³/mol. The molecule has 11 heavy (non-hydrogen) atoms. The Morgan fingerprint density at radius 1 is 1.55 bits per heavy atom. The van der Waals surface area contributed by atoms with Crippen LogP contribution in [0.4, 0.5) is 0 Å². The molecule has 0 saturated carbocycles. The predicted octanol–water partition coefficient (Wildman–Crippen LogP) is 0.0484. The van der Waals surface area contributed by atoms with Gasteiger partial charge in [0.05, 0.1) is 0 Å². The molecule has 0 amide bonds. The van der Waals surface area contributed by atoms with E-state index in [1.807, 2.05) is 14.0 Å². The van der Waals surface area contributed by atoms with Crippen molar-refractivity contribution < 1.29 is 5.11 Å². The first kappa shape index (κ1) is 8.20. The Kier molecular flexibility index (Phi) is 2.59. The number of hydrogen-bond acceptors (Lipinski definition) is 3. The average Bonchev–Trinajstić information content (AvgIpc) is 2.26. The zero-order valence-corrected chi connectivity index (χ0v) is 6.91. The Morgan fingerprint density at radius 3 is 2.73 bits per heavy atom. The first-order valence-electron chi connectivity index (χ1n) is 3.71. The highest BCUT2D eigenvalue weighted by molar-refractivity contribution is 4.90. The summed E-state index contributed by atoms with van der Waals surface area (Å²) in [6, 6.07) is 0. The van der Waals surface area contributed by atoms with E-state index in [1.165, 1.54) is 0 Å². The van der Waals surface area contributed by atoms with Crippen LogP contribution in [0.2, 0.25) is 0 Å². The van der Waals surface area contributed by atoms with Gasteiger partial charge in [-0.1, -0.05) is 0 Å². The summed E-state index contributed by atoms with van der Waals surface area (Å²) in [6.07, 6.45) is 1.56. The molecule has 4 nitrogen and oxygen atoms in total. The van der Waals surface area contributed by atoms with E-state index in [4.69, 9.17) is 5.11 Å². The van der Waals surface area contributed by atoms with Crippen molar-refractivity contribution in [3.8, 4) is 0 Å². The summed E-state index contributed by atoms with van der Waals surface area (Å²) in [5.74, 6) is 1.73. The minimum Gasteiger partial charge on any atom is -0.396 e. The summed E-state index contributed by atoms with van der Waals surface area (Å²) >= 11 is 0. The van der Waals surface area contributed by atoms with Gasteiger partial charge in [0.25, 0.3) is 0 Å². The van der Waals surface area contributed by atoms with Gasteiger partial charge in [-0.2, -0.15) is 5.10 Å². The van der Waals surface area contributed by atoms with Gasteiger partial charge in [-0.25, -0.2) is 4.98 Å². The van der Waals surface area contributed by atoms with Crippen LogP contribution in [0.1, 0.15) is 18.1 Å². The van der Waals surface area contributed by atoms with E-state index in [0.717, 1.165) is 24.5 Å². The molecule has 0 bridgehead atoms. The number of hydrogen-bond donors (Lipinski definition) is 1. The van der Waals surface area contributed by atoms with Crippen molar-refractivity contribution >= 4 is 0 Å². The first-order chi connectivity index (χ1) is 5.24. The lowest BCUT2D eigenvalue weighted by Gasteiger charge is -1.95. The molecule has 1 heterocycles. The van der Waals surface area contributed by atoms with E-state index in [1.54, 1.807) is 4.68 Å². The van der Waals surface area contributed by atoms with Gasteiger partial charge in [0.2, 0.25) is 0 Å². The van der Waals surface area contributed by atoms with Gasteiger partial charge >= 0.3 is 0 Å². The maximum atomic E-state index is 8.57. The van der Waals surface area contributed by atoms with Crippen LogP contribution in [-0.2, 0) is 13.5 Å². The van der Waals surface area contributed by atoms with Crippen molar-refractivity contribution in [3.63, 3.8) is 0 Å². The second kappa shape index (κ2) is 3.48. The highest BCUT2D eigenvalue weighted by Crippen LogP contribution is 1.98. The molecule has 0 unspecified atom stereocenters. The molecule has 1 N–H and O–H groups in total. The molecule has 0 spiro atoms. The SMILES string of the molecule is Cc1nc(CCCO)n(C)n1. The molecule has 0 aromatic carbocycles. The second-order valence-electron chi connectivity index (χ2n) is 2.53. The smallest absolute Gasteiger partial charge is 0.147 e. The van der Waals surface area contributed by atoms with E-state index in [2.05, 4.69) is 10.1 Å². The molecule has 0 aliphatic rings. The lowest BCUT2D eigenvalue weighted by Crippen LogP contribution is -2.00. The Hall–Kier alpha value is -0.900. The number of rotatable bonds is 3. The van der Waals surface area contributed by atoms with E-state index in [9.17, 15) is 0 Å². The maximum Gasteiger partial charge on any atom is 0.147 e. The molecule has 1 aromatic rings. The third-order valence-electron chi connectivity index (χ3n) is 1.52. The van der Waals surface area contributed by atoms with Gasteiger partial charge in [0.15, 0.2) is 0 Å². The van der Waals surface area contributed by atoms with Crippen LogP contribution in [0.25, 0.3) is 0 Å². The maximum absolute atomic E-state index is 8.57. The zero-order chi connectivity index (χ0) is 8.27. The molecule has 0 saturated heterocycles. The summed E-state index contributed by atoms with van der Waals surface area (Å²) in [5.41, 5.74) is 0. The fraction of sp³-hybridized carbons (Fsp3) is 0.714. The minimum absolute atomic E-state index is 0.214. The van der Waals surface area contributed by atoms with E-state index in [0.29, 0.717) is 0 Å². The summed E-state index contributed by atoms with van der Waals surface area (Å²) in [5, 5.41) is 12.7. The summed E-state index contributed by atoms with van der Waals surface area (Å²) < 4.78 is 1.75. The fourth-order valence-corrected chi connectivity index (χ4v) is 1.01. The number of aryl methyl sites for hydroxylation is 3. The van der Waals surface area contributed by atoms with Crippen LogP contribution < -0.4 is 0 Å². The van der Waals surface area contributed by atoms with Crippen LogP contribution in [-0.4, -0.2) is 26.5 Å². The van der Waals surface area contributed by atoms with Gasteiger partial charge < -0.3 is 5.11 Å². The van der Waals surface area contributed by atoms with Gasteiger partial charge in [0, 0.05) is 20.1 Å². The van der Waals surface area contributed by atoms with Crippen molar-refractivity contribution in [1.29, 1.82) is 0 Å². The average molecular weight is 155 g/mol. The van der Waals surface area contributed by atoms with Crippen molar-refractivity contribution in [2.75, 3.05) is 6.61 Å². The van der Waals surface area contributed by atoms with Gasteiger partial charge in [-0.3, -0.25) is 4.68 Å². The van der Waals surface area contributed by atoms with Gasteiger partial charge in [-0.15, -0.1) is 0 Å². The molecule has 1 aromatic heterocycles. The van der Waals surface area contributed by atoms with Gasteiger partial charge in [0.1, 0.15) is 11.6 Å². The Morgan fingerprint density at radius 2 is 2.27 bits per heavy atom. The third kappa shape index (κ3) is 2.01. The van der Waals surface area contributed by atoms with E-state index >= 15 is 0 Å². The molecule has 4 heteroatoms. The molecule has 0 radical (unpaired) electrons. The lowest BCUT2D eigenvalue weighted by atomic mass is 10.3. The highest BCUT2D eigenvalue weighted by atomic mass is 16.2. The molecule has 62 valence electrons. The summed E-state index contributed by atoms with van der Waals surface area (Å²) in [6.45, 7) is 2.08. The monoisotopic (exact) mass is 155 g/mol. The Labute approximate surface area is 65.9 Å². The van der Waals surface area contributed by atoms with Crippen molar-refractivity contribution in [3.05, 3.63) is 11.6 Å². The topological polar surface area (TPSA) is 50.9 Å². The molecule has 0 aliphatic heterocycles. The molecule has 0 atom stereocenters. The van der Waals surface area contributed by atoms with E-state index < -0.39 is 0 Å². The highest BCUT2D eigenvalue weighted by Gasteiger charge is 2.01. The van der Waals surface area contributed by atoms with Crippen LogP contribution in [0, 0.1) is 6.92 Å². The van der Waals surface area contributed by atoms with Crippen LogP contribution >= 0.6 is 0 Å². The normalized spacial score (nSPS) is 10.5. The lowest BCUT2D eigenvalue weighted by molar-refractivity contribution is 0.287. The number of nitrogens with zero attached hydrogens (tertiary/aromatic N) is 3. The number of aliphatic hydroxyl groups is 1. The summed E-state index contributed by atoms with van der Waals surface area (Å²) in [7, 11) is 1.87. The summed E-state index contributed by atoms with van der Waals surface area (Å²) in [4.78, 5) is 4.19. The van der Waals surface area contributed by atoms with Crippen LogP contribution in [0.3, 0.4) is 0 Å². The Bertz CT molecular complexity index is 232. The number of aliphatic hydroxyl groups excluding tert-OH is 1. The van der Waals surface area contributed by atoms with E-state index in [-0.39, 0.29) is 6.61 Å². The standard InChI is InChI=1S/C7H13N3O/c1-6-8-7(4-3-5-11)10(2)9-6/h11H,3-5H2,1-2H3. The van der Waals surface area contributed by atoms with Crippen molar-refractivity contribution in [2.24, 2.45) is 7.05 Å². The van der Waals surface area contributed by atoms with Crippen molar-refractivity contribution in [1.82, 2.24) is 14.8 Å². The van der Waals surface area contributed by atoms with Gasteiger partial charge in [-0.05, 0) is 13.3 Å². The zero-order valence-electron chi connectivity index (χ0n) is 6.91. The Balaban J connectivity index is 2.62. The quantitative estimate of drug-likeness (QED) is 0.671. The van der Waals surface area contributed by atoms with Crippen molar-refractivity contribution in [2.45, 2.75) is 19.8 Å². The largest absolute Gasteiger partial charge is 0.396 e. The molecular weight excluding hydrogens is 142 g/mol. The third-order valence-corrected chi connectivity index (χ3v) is 1.52. The van der Waals surface area contributed by atoms with Crippen LogP contribution in [0.5, 0.6) is 0 Å². The fourth-order valence-electron chi connectivity index (χ4n) is 1.01. The number of aromatic nitrogens is 3. The molecule has 0 aliphatic carbocycles. The second-order valence-corrected chi connectivity index (χ2v) is 2.53.